The Bertz CT molecular complexity index is 860. The number of carbonyl (C=O) groups excluding carboxylic acids is 1. The second-order valence-corrected chi connectivity index (χ2v) is 7.63. The molecule has 136 valence electrons. The van der Waals surface area contributed by atoms with Gasteiger partial charge in [0.25, 0.3) is 0 Å². The maximum Gasteiger partial charge on any atom is 0.233 e. The van der Waals surface area contributed by atoms with Crippen molar-refractivity contribution in [2.24, 2.45) is 0 Å². The van der Waals surface area contributed by atoms with Gasteiger partial charge in [0.05, 0.1) is 16.3 Å². The van der Waals surface area contributed by atoms with E-state index in [0.29, 0.717) is 6.54 Å². The van der Waals surface area contributed by atoms with E-state index < -0.39 is 0 Å². The number of benzene rings is 2. The number of fused-ring (bicyclic) bond motifs is 1. The molecule has 26 heavy (non-hydrogen) atoms. The number of nitrogens with one attached hydrogen (secondary N) is 1. The Hall–Kier alpha value is -2.27. The first-order chi connectivity index (χ1) is 12.7. The van der Waals surface area contributed by atoms with Crippen LogP contribution >= 0.6 is 11.8 Å². The van der Waals surface area contributed by atoms with E-state index in [1.165, 1.54) is 17.3 Å². The van der Waals surface area contributed by atoms with Gasteiger partial charge in [0.15, 0.2) is 5.16 Å². The van der Waals surface area contributed by atoms with E-state index in [0.717, 1.165) is 35.6 Å². The van der Waals surface area contributed by atoms with Gasteiger partial charge in [-0.05, 0) is 37.5 Å². The number of aromatic nitrogens is 2. The van der Waals surface area contributed by atoms with Gasteiger partial charge in [-0.2, -0.15) is 0 Å². The third-order valence-corrected chi connectivity index (χ3v) is 5.38. The monoisotopic (exact) mass is 367 g/mol. The molecule has 1 atom stereocenters. The van der Waals surface area contributed by atoms with E-state index >= 15 is 0 Å². The molecule has 0 radical (unpaired) electrons. The van der Waals surface area contributed by atoms with Crippen LogP contribution in [-0.2, 0) is 17.8 Å². The summed E-state index contributed by atoms with van der Waals surface area (Å²) in [6.07, 6.45) is 1.88. The lowest BCUT2D eigenvalue weighted by Gasteiger charge is -2.13. The smallest absolute Gasteiger partial charge is 0.233 e. The van der Waals surface area contributed by atoms with Gasteiger partial charge in [-0.25, -0.2) is 4.98 Å². The summed E-state index contributed by atoms with van der Waals surface area (Å²) in [7, 11) is 0. The van der Waals surface area contributed by atoms with Gasteiger partial charge in [0.2, 0.25) is 5.91 Å². The number of hydrogen-bond donors (Lipinski definition) is 1. The Labute approximate surface area is 159 Å². The van der Waals surface area contributed by atoms with Gasteiger partial charge >= 0.3 is 0 Å². The average Bonchev–Trinajstić information content (AvgIpc) is 3.02. The summed E-state index contributed by atoms with van der Waals surface area (Å²) < 4.78 is 2.23. The highest BCUT2D eigenvalue weighted by Gasteiger charge is 2.19. The fraction of sp³-hybridized carbons (Fsp3) is 0.333. The zero-order chi connectivity index (χ0) is 18.4. The van der Waals surface area contributed by atoms with Gasteiger partial charge in [0.1, 0.15) is 0 Å². The fourth-order valence-corrected chi connectivity index (χ4v) is 3.82. The molecule has 4 nitrogen and oxygen atoms in total. The molecule has 0 aliphatic heterocycles. The van der Waals surface area contributed by atoms with Crippen molar-refractivity contribution in [2.75, 3.05) is 6.54 Å². The molecule has 3 aromatic rings. The predicted molar refractivity (Wildman–Crippen MR) is 108 cm³/mol. The van der Waals surface area contributed by atoms with Crippen molar-refractivity contribution in [1.29, 1.82) is 0 Å². The molecule has 0 spiro atoms. The molecular formula is C21H25N3OS. The molecule has 1 heterocycles. The topological polar surface area (TPSA) is 46.9 Å². The van der Waals surface area contributed by atoms with Crippen LogP contribution in [0.4, 0.5) is 0 Å². The summed E-state index contributed by atoms with van der Waals surface area (Å²) in [5, 5.41) is 3.70. The second-order valence-electron chi connectivity index (χ2n) is 6.32. The molecule has 1 aromatic heterocycles. The van der Waals surface area contributed by atoms with E-state index in [1.807, 2.05) is 31.2 Å². The lowest BCUT2D eigenvalue weighted by Crippen LogP contribution is -2.31. The SMILES string of the molecule is CCCNC(=O)C(C)Sc1nc2ccccc2n1CCc1ccccc1. The van der Waals surface area contributed by atoms with Gasteiger partial charge < -0.3 is 9.88 Å². The average molecular weight is 368 g/mol. The molecule has 3 rings (SSSR count). The maximum atomic E-state index is 12.2. The minimum absolute atomic E-state index is 0.0681. The van der Waals surface area contributed by atoms with Crippen LogP contribution in [0.1, 0.15) is 25.8 Å². The van der Waals surface area contributed by atoms with Crippen molar-refractivity contribution in [3.8, 4) is 0 Å². The van der Waals surface area contributed by atoms with Gasteiger partial charge in [-0.3, -0.25) is 4.79 Å². The number of carbonyl (C=O) groups is 1. The number of amides is 1. The van der Waals surface area contributed by atoms with Crippen LogP contribution in [0.3, 0.4) is 0 Å². The number of hydrogen-bond acceptors (Lipinski definition) is 3. The lowest BCUT2D eigenvalue weighted by atomic mass is 10.1. The Morgan fingerprint density at radius 2 is 1.88 bits per heavy atom. The molecule has 0 aliphatic carbocycles. The Morgan fingerprint density at radius 1 is 1.15 bits per heavy atom. The minimum Gasteiger partial charge on any atom is -0.355 e. The fourth-order valence-electron chi connectivity index (χ4n) is 2.85. The third kappa shape index (κ3) is 4.47. The molecule has 0 bridgehead atoms. The van der Waals surface area contributed by atoms with Crippen LogP contribution in [0.15, 0.2) is 59.8 Å². The van der Waals surface area contributed by atoms with Crippen molar-refractivity contribution in [3.63, 3.8) is 0 Å². The number of thioether (sulfide) groups is 1. The molecule has 0 saturated carbocycles. The standard InChI is InChI=1S/C21H25N3OS/c1-3-14-22-20(25)16(2)26-21-23-18-11-7-8-12-19(18)24(21)15-13-17-9-5-4-6-10-17/h4-12,16H,3,13-15H2,1-2H3,(H,22,25). The van der Waals surface area contributed by atoms with E-state index in [9.17, 15) is 4.79 Å². The highest BCUT2D eigenvalue weighted by molar-refractivity contribution is 8.00. The summed E-state index contributed by atoms with van der Waals surface area (Å²) in [6, 6.07) is 18.6. The summed E-state index contributed by atoms with van der Waals surface area (Å²) in [5.41, 5.74) is 3.39. The number of aryl methyl sites for hydroxylation is 2. The van der Waals surface area contributed by atoms with E-state index in [2.05, 4.69) is 47.1 Å². The predicted octanol–water partition coefficient (Wildman–Crippen LogP) is 4.29. The van der Waals surface area contributed by atoms with Gasteiger partial charge in [0, 0.05) is 13.1 Å². The molecule has 0 fully saturated rings. The van der Waals surface area contributed by atoms with E-state index in [1.54, 1.807) is 0 Å². The largest absolute Gasteiger partial charge is 0.355 e. The maximum absolute atomic E-state index is 12.2. The summed E-state index contributed by atoms with van der Waals surface area (Å²) in [6.45, 7) is 5.56. The first-order valence-electron chi connectivity index (χ1n) is 9.12. The molecule has 2 aromatic carbocycles. The van der Waals surface area contributed by atoms with Crippen LogP contribution < -0.4 is 5.32 Å². The van der Waals surface area contributed by atoms with Gasteiger partial charge in [-0.15, -0.1) is 0 Å². The zero-order valence-electron chi connectivity index (χ0n) is 15.3. The van der Waals surface area contributed by atoms with Crippen LogP contribution in [0, 0.1) is 0 Å². The summed E-state index contributed by atoms with van der Waals surface area (Å²) in [5.74, 6) is 0.0681. The second kappa shape index (κ2) is 8.90. The zero-order valence-corrected chi connectivity index (χ0v) is 16.1. The van der Waals surface area contributed by atoms with Crippen molar-refractivity contribution in [1.82, 2.24) is 14.9 Å². The molecule has 0 saturated heterocycles. The Kier molecular flexibility index (Phi) is 6.34. The normalized spacial score (nSPS) is 12.2. The third-order valence-electron chi connectivity index (χ3n) is 4.29. The number of imidazole rings is 1. The van der Waals surface area contributed by atoms with Gasteiger partial charge in [-0.1, -0.05) is 61.2 Å². The number of rotatable bonds is 8. The Morgan fingerprint density at radius 3 is 2.65 bits per heavy atom. The molecule has 1 amide bonds. The van der Waals surface area contributed by atoms with Crippen molar-refractivity contribution >= 4 is 28.7 Å². The summed E-state index contributed by atoms with van der Waals surface area (Å²) >= 11 is 1.53. The highest BCUT2D eigenvalue weighted by atomic mass is 32.2. The first kappa shape index (κ1) is 18.5. The summed E-state index contributed by atoms with van der Waals surface area (Å²) in [4.78, 5) is 17.0. The highest BCUT2D eigenvalue weighted by Crippen LogP contribution is 2.27. The van der Waals surface area contributed by atoms with E-state index in [-0.39, 0.29) is 11.2 Å². The van der Waals surface area contributed by atoms with Crippen LogP contribution in [0.5, 0.6) is 0 Å². The molecular weight excluding hydrogens is 342 g/mol. The van der Waals surface area contributed by atoms with Crippen LogP contribution in [-0.4, -0.2) is 27.3 Å². The molecule has 5 heteroatoms. The van der Waals surface area contributed by atoms with E-state index in [4.69, 9.17) is 4.98 Å². The van der Waals surface area contributed by atoms with Crippen LogP contribution in [0.2, 0.25) is 0 Å². The quantitative estimate of drug-likeness (QED) is 0.604. The minimum atomic E-state index is -0.172. The number of nitrogens with zero attached hydrogens (tertiary/aromatic N) is 2. The number of para-hydroxylation sites is 2. The van der Waals surface area contributed by atoms with Crippen molar-refractivity contribution < 1.29 is 4.79 Å². The lowest BCUT2D eigenvalue weighted by molar-refractivity contribution is -0.120. The molecule has 1 N–H and O–H groups in total. The van der Waals surface area contributed by atoms with Crippen molar-refractivity contribution in [3.05, 3.63) is 60.2 Å². The first-order valence-corrected chi connectivity index (χ1v) is 10.0. The van der Waals surface area contributed by atoms with Crippen LogP contribution in [0.25, 0.3) is 11.0 Å². The molecule has 1 unspecified atom stereocenters. The van der Waals surface area contributed by atoms with Crippen molar-refractivity contribution in [2.45, 2.75) is 43.6 Å². The molecule has 0 aliphatic rings. The Balaban J connectivity index is 1.81.